The van der Waals surface area contributed by atoms with E-state index in [4.69, 9.17) is 18.9 Å². The van der Waals surface area contributed by atoms with E-state index in [1.165, 1.54) is 7.11 Å². The molecule has 1 aliphatic rings. The van der Waals surface area contributed by atoms with E-state index >= 15 is 0 Å². The fourth-order valence-corrected chi connectivity index (χ4v) is 2.13. The van der Waals surface area contributed by atoms with Gasteiger partial charge in [0.25, 0.3) is 0 Å². The van der Waals surface area contributed by atoms with Crippen molar-refractivity contribution in [1.82, 2.24) is 4.98 Å². The molecule has 0 unspecified atom stereocenters. The Morgan fingerprint density at radius 3 is 2.95 bits per heavy atom. The SMILES string of the molecule is COC(=O)c1cc2c(OCC3OCCO3)cccc2[nH]1. The first kappa shape index (κ1) is 13.0. The normalized spacial score (nSPS) is 15.7. The Labute approximate surface area is 115 Å². The molecule has 0 saturated carbocycles. The van der Waals surface area contributed by atoms with Gasteiger partial charge < -0.3 is 23.9 Å². The fourth-order valence-electron chi connectivity index (χ4n) is 2.13. The first-order valence-electron chi connectivity index (χ1n) is 6.34. The van der Waals surface area contributed by atoms with E-state index in [0.717, 1.165) is 10.9 Å². The first-order chi connectivity index (χ1) is 9.78. The fraction of sp³-hybridized carbons (Fsp3) is 0.357. The van der Waals surface area contributed by atoms with Gasteiger partial charge in [-0.15, -0.1) is 0 Å². The molecule has 1 aromatic heterocycles. The molecule has 2 heterocycles. The molecule has 0 amide bonds. The number of carbonyl (C=O) groups excluding carboxylic acids is 1. The van der Waals surface area contributed by atoms with Crippen LogP contribution in [-0.2, 0) is 14.2 Å². The molecule has 2 aromatic rings. The molecule has 1 fully saturated rings. The molecule has 3 rings (SSSR count). The van der Waals surface area contributed by atoms with Gasteiger partial charge in [-0.3, -0.25) is 0 Å². The molecule has 1 N–H and O–H groups in total. The van der Waals surface area contributed by atoms with Gasteiger partial charge in [0.1, 0.15) is 18.1 Å². The summed E-state index contributed by atoms with van der Waals surface area (Å²) in [5, 5.41) is 0.825. The highest BCUT2D eigenvalue weighted by Crippen LogP contribution is 2.27. The molecule has 0 atom stereocenters. The molecule has 0 spiro atoms. The van der Waals surface area contributed by atoms with Gasteiger partial charge in [0, 0.05) is 10.9 Å². The minimum absolute atomic E-state index is 0.317. The van der Waals surface area contributed by atoms with Gasteiger partial charge >= 0.3 is 5.97 Å². The number of rotatable bonds is 4. The number of methoxy groups -OCH3 is 1. The smallest absolute Gasteiger partial charge is 0.354 e. The Bertz CT molecular complexity index is 615. The Hall–Kier alpha value is -2.05. The minimum atomic E-state index is -0.408. The number of nitrogens with one attached hydrogen (secondary N) is 1. The van der Waals surface area contributed by atoms with Gasteiger partial charge in [-0.2, -0.15) is 0 Å². The number of esters is 1. The van der Waals surface area contributed by atoms with Crippen LogP contribution in [0.4, 0.5) is 0 Å². The average molecular weight is 277 g/mol. The highest BCUT2D eigenvalue weighted by Gasteiger charge is 2.18. The number of carbonyl (C=O) groups is 1. The van der Waals surface area contributed by atoms with E-state index in [2.05, 4.69) is 4.98 Å². The Balaban J connectivity index is 1.82. The van der Waals surface area contributed by atoms with E-state index < -0.39 is 5.97 Å². The zero-order valence-electron chi connectivity index (χ0n) is 11.0. The topological polar surface area (TPSA) is 69.8 Å². The number of aromatic nitrogens is 1. The summed E-state index contributed by atoms with van der Waals surface area (Å²) in [5.41, 5.74) is 1.21. The molecule has 1 aromatic carbocycles. The van der Waals surface area contributed by atoms with Crippen LogP contribution in [0.1, 0.15) is 10.5 Å². The van der Waals surface area contributed by atoms with Crippen molar-refractivity contribution < 1.29 is 23.7 Å². The molecular formula is C14H15NO5. The van der Waals surface area contributed by atoms with E-state index in [-0.39, 0.29) is 6.29 Å². The van der Waals surface area contributed by atoms with Crippen molar-refractivity contribution in [1.29, 1.82) is 0 Å². The quantitative estimate of drug-likeness (QED) is 0.861. The molecule has 20 heavy (non-hydrogen) atoms. The summed E-state index contributed by atoms with van der Waals surface area (Å²) in [7, 11) is 1.35. The summed E-state index contributed by atoms with van der Waals surface area (Å²) in [5.74, 6) is 0.266. The predicted molar refractivity (Wildman–Crippen MR) is 70.8 cm³/mol. The molecule has 0 radical (unpaired) electrons. The summed E-state index contributed by atoms with van der Waals surface area (Å²) in [4.78, 5) is 14.5. The van der Waals surface area contributed by atoms with Crippen LogP contribution in [0.25, 0.3) is 10.9 Å². The number of H-pyrrole nitrogens is 1. The molecule has 6 nitrogen and oxygen atoms in total. The molecule has 6 heteroatoms. The van der Waals surface area contributed by atoms with Crippen LogP contribution in [0.5, 0.6) is 5.75 Å². The lowest BCUT2D eigenvalue weighted by Gasteiger charge is -2.11. The second-order valence-electron chi connectivity index (χ2n) is 4.37. The van der Waals surface area contributed by atoms with Gasteiger partial charge in [-0.25, -0.2) is 4.79 Å². The average Bonchev–Trinajstić information content (AvgIpc) is 3.13. The first-order valence-corrected chi connectivity index (χ1v) is 6.34. The van der Waals surface area contributed by atoms with Crippen molar-refractivity contribution in [3.05, 3.63) is 30.0 Å². The Morgan fingerprint density at radius 2 is 2.20 bits per heavy atom. The minimum Gasteiger partial charge on any atom is -0.488 e. The zero-order chi connectivity index (χ0) is 13.9. The van der Waals surface area contributed by atoms with Crippen LogP contribution in [0.3, 0.4) is 0 Å². The lowest BCUT2D eigenvalue weighted by Crippen LogP contribution is -2.18. The molecular weight excluding hydrogens is 262 g/mol. The number of hydrogen-bond acceptors (Lipinski definition) is 5. The van der Waals surface area contributed by atoms with Gasteiger partial charge in [-0.1, -0.05) is 6.07 Å². The van der Waals surface area contributed by atoms with Crippen LogP contribution < -0.4 is 4.74 Å². The van der Waals surface area contributed by atoms with Crippen molar-refractivity contribution in [3.8, 4) is 5.75 Å². The third kappa shape index (κ3) is 2.48. The van der Waals surface area contributed by atoms with Gasteiger partial charge in [-0.05, 0) is 18.2 Å². The van der Waals surface area contributed by atoms with Crippen LogP contribution >= 0.6 is 0 Å². The molecule has 0 bridgehead atoms. The van der Waals surface area contributed by atoms with Crippen LogP contribution in [0.2, 0.25) is 0 Å². The van der Waals surface area contributed by atoms with Crippen LogP contribution in [0, 0.1) is 0 Å². The molecule has 1 saturated heterocycles. The highest BCUT2D eigenvalue weighted by atomic mass is 16.7. The molecule has 1 aliphatic heterocycles. The Kier molecular flexibility index (Phi) is 3.58. The second kappa shape index (κ2) is 5.52. The van der Waals surface area contributed by atoms with Crippen molar-refractivity contribution in [2.75, 3.05) is 26.9 Å². The van der Waals surface area contributed by atoms with Crippen LogP contribution in [-0.4, -0.2) is 44.2 Å². The highest BCUT2D eigenvalue weighted by molar-refractivity contribution is 5.96. The van der Waals surface area contributed by atoms with E-state index in [0.29, 0.717) is 31.3 Å². The summed E-state index contributed by atoms with van der Waals surface area (Å²) in [6, 6.07) is 7.28. The summed E-state index contributed by atoms with van der Waals surface area (Å²) >= 11 is 0. The second-order valence-corrected chi connectivity index (χ2v) is 4.37. The number of aromatic amines is 1. The summed E-state index contributed by atoms with van der Waals surface area (Å²) in [6.07, 6.45) is -0.329. The maximum Gasteiger partial charge on any atom is 0.354 e. The third-order valence-corrected chi connectivity index (χ3v) is 3.10. The van der Waals surface area contributed by atoms with Crippen molar-refractivity contribution in [2.24, 2.45) is 0 Å². The monoisotopic (exact) mass is 277 g/mol. The largest absolute Gasteiger partial charge is 0.488 e. The van der Waals surface area contributed by atoms with E-state index in [1.807, 2.05) is 18.2 Å². The third-order valence-electron chi connectivity index (χ3n) is 3.10. The van der Waals surface area contributed by atoms with E-state index in [9.17, 15) is 4.79 Å². The summed E-state index contributed by atoms with van der Waals surface area (Å²) < 4.78 is 21.0. The summed E-state index contributed by atoms with van der Waals surface area (Å²) in [6.45, 7) is 1.50. The van der Waals surface area contributed by atoms with Gasteiger partial charge in [0.2, 0.25) is 0 Å². The lowest BCUT2D eigenvalue weighted by atomic mass is 10.2. The lowest BCUT2D eigenvalue weighted by molar-refractivity contribution is -0.0681. The number of fused-ring (bicyclic) bond motifs is 1. The molecule has 0 aliphatic carbocycles. The number of benzene rings is 1. The number of hydrogen-bond donors (Lipinski definition) is 1. The predicted octanol–water partition coefficient (Wildman–Crippen LogP) is 1.71. The van der Waals surface area contributed by atoms with Gasteiger partial charge in [0.15, 0.2) is 6.29 Å². The van der Waals surface area contributed by atoms with E-state index in [1.54, 1.807) is 6.07 Å². The zero-order valence-corrected chi connectivity index (χ0v) is 11.0. The van der Waals surface area contributed by atoms with Gasteiger partial charge in [0.05, 0.1) is 20.3 Å². The number of ether oxygens (including phenoxy) is 4. The van der Waals surface area contributed by atoms with Crippen molar-refractivity contribution in [3.63, 3.8) is 0 Å². The van der Waals surface area contributed by atoms with Crippen LogP contribution in [0.15, 0.2) is 24.3 Å². The van der Waals surface area contributed by atoms with Crippen molar-refractivity contribution >= 4 is 16.9 Å². The standard InChI is InChI=1S/C14H15NO5/c1-17-14(16)11-7-9-10(15-11)3-2-4-12(9)20-8-13-18-5-6-19-13/h2-4,7,13,15H,5-6,8H2,1H3. The molecule has 106 valence electrons. The van der Waals surface area contributed by atoms with Crippen molar-refractivity contribution in [2.45, 2.75) is 6.29 Å². The Morgan fingerprint density at radius 1 is 1.40 bits per heavy atom. The maximum absolute atomic E-state index is 11.5. The maximum atomic E-state index is 11.5.